The Labute approximate surface area is 108 Å². The fourth-order valence-electron chi connectivity index (χ4n) is 1.31. The first-order valence-corrected chi connectivity index (χ1v) is 5.48. The Bertz CT molecular complexity index is 561. The molecule has 0 aliphatic rings. The molecule has 2 aromatic heterocycles. The summed E-state index contributed by atoms with van der Waals surface area (Å²) in [5.74, 6) is 0.225. The summed E-state index contributed by atoms with van der Waals surface area (Å²) in [5, 5.41) is 5.77. The summed E-state index contributed by atoms with van der Waals surface area (Å²) in [7, 11) is 1.71. The molecule has 92 valence electrons. The number of hydrogen-bond donors (Lipinski definition) is 2. The van der Waals surface area contributed by atoms with E-state index in [2.05, 4.69) is 25.6 Å². The maximum absolute atomic E-state index is 12.0. The van der Waals surface area contributed by atoms with E-state index in [0.717, 1.165) is 0 Å². The van der Waals surface area contributed by atoms with Crippen LogP contribution in [0.4, 0.5) is 11.5 Å². The normalized spacial score (nSPS) is 9.89. The smallest absolute Gasteiger partial charge is 0.257 e. The molecule has 0 aliphatic carbocycles. The zero-order valence-corrected chi connectivity index (χ0v) is 10.3. The number of pyridine rings is 1. The van der Waals surface area contributed by atoms with Crippen LogP contribution in [0.25, 0.3) is 0 Å². The van der Waals surface area contributed by atoms with Gasteiger partial charge in [0.1, 0.15) is 12.1 Å². The van der Waals surface area contributed by atoms with E-state index in [1.807, 2.05) is 0 Å². The van der Waals surface area contributed by atoms with Gasteiger partial charge in [-0.15, -0.1) is 0 Å². The average Bonchev–Trinajstić information content (AvgIpc) is 2.40. The van der Waals surface area contributed by atoms with Crippen molar-refractivity contribution in [2.75, 3.05) is 17.7 Å². The maximum Gasteiger partial charge on any atom is 0.257 e. The van der Waals surface area contributed by atoms with Gasteiger partial charge >= 0.3 is 0 Å². The second kappa shape index (κ2) is 5.42. The number of anilines is 2. The van der Waals surface area contributed by atoms with Crippen molar-refractivity contribution in [3.63, 3.8) is 0 Å². The fourth-order valence-corrected chi connectivity index (χ4v) is 1.50. The molecule has 6 nitrogen and oxygen atoms in total. The summed E-state index contributed by atoms with van der Waals surface area (Å²) in [4.78, 5) is 23.6. The van der Waals surface area contributed by atoms with E-state index < -0.39 is 0 Å². The van der Waals surface area contributed by atoms with Gasteiger partial charge in [-0.3, -0.25) is 4.79 Å². The van der Waals surface area contributed by atoms with Gasteiger partial charge < -0.3 is 10.6 Å². The highest BCUT2D eigenvalue weighted by atomic mass is 35.5. The van der Waals surface area contributed by atoms with Crippen molar-refractivity contribution in [3.05, 3.63) is 41.6 Å². The third-order valence-corrected chi connectivity index (χ3v) is 2.48. The quantitative estimate of drug-likeness (QED) is 0.883. The fraction of sp³-hybridized carbons (Fsp3) is 0.0909. The number of amides is 1. The molecule has 0 radical (unpaired) electrons. The Hall–Kier alpha value is -2.21. The molecule has 0 saturated carbocycles. The number of aromatic nitrogens is 3. The molecule has 0 aromatic carbocycles. The van der Waals surface area contributed by atoms with Gasteiger partial charge in [0.2, 0.25) is 0 Å². The van der Waals surface area contributed by atoms with Gasteiger partial charge in [-0.25, -0.2) is 15.0 Å². The highest BCUT2D eigenvalue weighted by Gasteiger charge is 2.12. The number of hydrogen-bond acceptors (Lipinski definition) is 5. The minimum Gasteiger partial charge on any atom is -0.373 e. The van der Waals surface area contributed by atoms with Crippen molar-refractivity contribution in [2.24, 2.45) is 0 Å². The lowest BCUT2D eigenvalue weighted by Crippen LogP contribution is -2.13. The van der Waals surface area contributed by atoms with Gasteiger partial charge in [0.05, 0.1) is 28.7 Å². The van der Waals surface area contributed by atoms with E-state index in [0.29, 0.717) is 17.1 Å². The number of carbonyl (C=O) groups is 1. The van der Waals surface area contributed by atoms with Crippen LogP contribution in [0.3, 0.4) is 0 Å². The van der Waals surface area contributed by atoms with E-state index in [4.69, 9.17) is 11.6 Å². The molecule has 0 atom stereocenters. The van der Waals surface area contributed by atoms with Crippen molar-refractivity contribution in [1.29, 1.82) is 0 Å². The molecule has 2 heterocycles. The van der Waals surface area contributed by atoms with Gasteiger partial charge in [0.15, 0.2) is 0 Å². The van der Waals surface area contributed by atoms with E-state index >= 15 is 0 Å². The summed E-state index contributed by atoms with van der Waals surface area (Å²) in [6, 6.07) is 1.57. The van der Waals surface area contributed by atoms with Crippen molar-refractivity contribution in [2.45, 2.75) is 0 Å². The largest absolute Gasteiger partial charge is 0.373 e. The number of rotatable bonds is 3. The van der Waals surface area contributed by atoms with Crippen LogP contribution in [0.5, 0.6) is 0 Å². The minimum absolute atomic E-state index is 0.281. The van der Waals surface area contributed by atoms with Crippen LogP contribution in [-0.4, -0.2) is 27.9 Å². The SMILES string of the molecule is CNc1cc(C(=O)Nc2cncnc2)c(Cl)cn1. The first kappa shape index (κ1) is 12.3. The molecule has 2 N–H and O–H groups in total. The molecule has 0 aliphatic heterocycles. The molecule has 7 heteroatoms. The van der Waals surface area contributed by atoms with Gasteiger partial charge in [-0.2, -0.15) is 0 Å². The van der Waals surface area contributed by atoms with Crippen molar-refractivity contribution < 1.29 is 4.79 Å². The average molecular weight is 264 g/mol. The zero-order valence-electron chi connectivity index (χ0n) is 9.51. The van der Waals surface area contributed by atoms with Crippen molar-refractivity contribution >= 4 is 29.0 Å². The van der Waals surface area contributed by atoms with Crippen LogP contribution in [-0.2, 0) is 0 Å². The molecule has 18 heavy (non-hydrogen) atoms. The highest BCUT2D eigenvalue weighted by Crippen LogP contribution is 2.19. The van der Waals surface area contributed by atoms with Crippen LogP contribution in [0, 0.1) is 0 Å². The number of nitrogens with one attached hydrogen (secondary N) is 2. The minimum atomic E-state index is -0.339. The Morgan fingerprint density at radius 1 is 1.28 bits per heavy atom. The lowest BCUT2D eigenvalue weighted by Gasteiger charge is -2.07. The first-order chi connectivity index (χ1) is 8.70. The molecule has 0 unspecified atom stereocenters. The van der Waals surface area contributed by atoms with Gasteiger partial charge in [0.25, 0.3) is 5.91 Å². The predicted octanol–water partition coefficient (Wildman–Crippen LogP) is 1.82. The summed E-state index contributed by atoms with van der Waals surface area (Å²) in [6.45, 7) is 0. The number of nitrogens with zero attached hydrogens (tertiary/aromatic N) is 3. The molecular weight excluding hydrogens is 254 g/mol. The molecule has 0 spiro atoms. The monoisotopic (exact) mass is 263 g/mol. The van der Waals surface area contributed by atoms with Crippen LogP contribution in [0.2, 0.25) is 5.02 Å². The molecule has 1 amide bonds. The molecule has 0 saturated heterocycles. The van der Waals surface area contributed by atoms with Gasteiger partial charge in [0, 0.05) is 13.2 Å². The molecule has 2 rings (SSSR count). The Morgan fingerprint density at radius 3 is 2.67 bits per heavy atom. The van der Waals surface area contributed by atoms with Crippen LogP contribution in [0.15, 0.2) is 31.0 Å². The molecule has 0 fully saturated rings. The number of carbonyl (C=O) groups excluding carboxylic acids is 1. The third-order valence-electron chi connectivity index (χ3n) is 2.17. The second-order valence-electron chi connectivity index (χ2n) is 3.38. The predicted molar refractivity (Wildman–Crippen MR) is 68.8 cm³/mol. The summed E-state index contributed by atoms with van der Waals surface area (Å²) < 4.78 is 0. The van der Waals surface area contributed by atoms with E-state index in [9.17, 15) is 4.79 Å². The second-order valence-corrected chi connectivity index (χ2v) is 3.79. The van der Waals surface area contributed by atoms with Gasteiger partial charge in [-0.1, -0.05) is 11.6 Å². The Kier molecular flexibility index (Phi) is 3.69. The van der Waals surface area contributed by atoms with E-state index in [1.54, 1.807) is 13.1 Å². The summed E-state index contributed by atoms with van der Waals surface area (Å²) in [6.07, 6.45) is 5.80. The molecule has 0 bridgehead atoms. The maximum atomic E-state index is 12.0. The van der Waals surface area contributed by atoms with Crippen molar-refractivity contribution in [1.82, 2.24) is 15.0 Å². The highest BCUT2D eigenvalue weighted by molar-refractivity contribution is 6.34. The molecule has 2 aromatic rings. The Morgan fingerprint density at radius 2 is 2.00 bits per heavy atom. The summed E-state index contributed by atoms with van der Waals surface area (Å²) >= 11 is 5.93. The summed E-state index contributed by atoms with van der Waals surface area (Å²) in [5.41, 5.74) is 0.834. The topological polar surface area (TPSA) is 79.8 Å². The van der Waals surface area contributed by atoms with Crippen molar-refractivity contribution in [3.8, 4) is 0 Å². The number of halogens is 1. The first-order valence-electron chi connectivity index (χ1n) is 5.10. The van der Waals surface area contributed by atoms with Crippen LogP contribution in [0.1, 0.15) is 10.4 Å². The third kappa shape index (κ3) is 2.72. The van der Waals surface area contributed by atoms with E-state index in [-0.39, 0.29) is 10.9 Å². The Balaban J connectivity index is 2.23. The van der Waals surface area contributed by atoms with E-state index in [1.165, 1.54) is 24.9 Å². The zero-order chi connectivity index (χ0) is 13.0. The van der Waals surface area contributed by atoms with Gasteiger partial charge in [-0.05, 0) is 6.07 Å². The van der Waals surface area contributed by atoms with Crippen LogP contribution < -0.4 is 10.6 Å². The molecular formula is C11H10ClN5O. The van der Waals surface area contributed by atoms with Crippen LogP contribution >= 0.6 is 11.6 Å². The standard InChI is InChI=1S/C11H10ClN5O/c1-13-10-2-8(9(12)5-16-10)11(18)17-7-3-14-6-15-4-7/h2-6H,1H3,(H,13,16)(H,17,18). The lowest BCUT2D eigenvalue weighted by atomic mass is 10.2. The lowest BCUT2D eigenvalue weighted by molar-refractivity contribution is 0.102.